The van der Waals surface area contributed by atoms with Gasteiger partial charge in [-0.3, -0.25) is 0 Å². The minimum absolute atomic E-state index is 0.640. The zero-order valence-electron chi connectivity index (χ0n) is 27.6. The predicted molar refractivity (Wildman–Crippen MR) is 211 cm³/mol. The van der Waals surface area contributed by atoms with E-state index in [2.05, 4.69) is 168 Å². The van der Waals surface area contributed by atoms with Gasteiger partial charge in [-0.05, 0) is 69.1 Å². The molecule has 0 aliphatic heterocycles. The molecule has 0 amide bonds. The molecule has 0 aliphatic carbocycles. The van der Waals surface area contributed by atoms with Crippen molar-refractivity contribution in [1.82, 2.24) is 19.5 Å². The fraction of sp³-hybridized carbons (Fsp3) is 0. The largest absolute Gasteiger partial charge is 0.309 e. The van der Waals surface area contributed by atoms with Crippen molar-refractivity contribution in [3.05, 3.63) is 182 Å². The Bertz CT molecular complexity index is 2910. The Kier molecular flexibility index (Phi) is 6.78. The molecular weight excluding hydrogens is 621 g/mol. The van der Waals surface area contributed by atoms with Crippen LogP contribution in [0.25, 0.3) is 94.3 Å². The first kappa shape index (κ1) is 29.0. The van der Waals surface area contributed by atoms with Crippen molar-refractivity contribution in [3.63, 3.8) is 0 Å². The number of nitrogens with zero attached hydrogens (tertiary/aromatic N) is 4. The molecule has 4 heteroatoms. The lowest BCUT2D eigenvalue weighted by Gasteiger charge is -2.12. The van der Waals surface area contributed by atoms with Crippen LogP contribution in [-0.4, -0.2) is 19.5 Å². The zero-order chi connectivity index (χ0) is 33.7. The molecule has 0 saturated carbocycles. The Morgan fingerprint density at radius 1 is 0.333 bits per heavy atom. The molecule has 51 heavy (non-hydrogen) atoms. The Morgan fingerprint density at radius 2 is 0.941 bits per heavy atom. The van der Waals surface area contributed by atoms with Gasteiger partial charge in [0.25, 0.3) is 0 Å². The number of benzene rings is 8. The predicted octanol–water partition coefficient (Wildman–Crippen LogP) is 11.9. The average molecular weight is 651 g/mol. The molecule has 10 rings (SSSR count). The van der Waals surface area contributed by atoms with Gasteiger partial charge in [0.1, 0.15) is 0 Å². The molecule has 2 aromatic heterocycles. The summed E-state index contributed by atoms with van der Waals surface area (Å²) in [6.07, 6.45) is 0. The van der Waals surface area contributed by atoms with Crippen molar-refractivity contribution in [2.75, 3.05) is 0 Å². The van der Waals surface area contributed by atoms with E-state index >= 15 is 0 Å². The highest BCUT2D eigenvalue weighted by molar-refractivity contribution is 6.15. The van der Waals surface area contributed by atoms with Crippen molar-refractivity contribution in [3.8, 4) is 51.0 Å². The minimum atomic E-state index is 0.640. The zero-order valence-corrected chi connectivity index (χ0v) is 27.6. The molecule has 0 unspecified atom stereocenters. The molecule has 238 valence electrons. The van der Waals surface area contributed by atoms with E-state index in [0.717, 1.165) is 49.6 Å². The third-order valence-electron chi connectivity index (χ3n) is 9.82. The van der Waals surface area contributed by atoms with Crippen LogP contribution in [0.1, 0.15) is 0 Å². The molecule has 4 nitrogen and oxygen atoms in total. The smallest absolute Gasteiger partial charge is 0.164 e. The van der Waals surface area contributed by atoms with E-state index < -0.39 is 0 Å². The van der Waals surface area contributed by atoms with E-state index in [1.54, 1.807) is 0 Å². The summed E-state index contributed by atoms with van der Waals surface area (Å²) in [6, 6.07) is 63.9. The summed E-state index contributed by atoms with van der Waals surface area (Å²) in [5, 5.41) is 7.07. The number of hydrogen-bond acceptors (Lipinski definition) is 3. The Hall–Kier alpha value is -6.91. The molecule has 0 bridgehead atoms. The van der Waals surface area contributed by atoms with E-state index in [1.165, 1.54) is 27.3 Å². The van der Waals surface area contributed by atoms with Crippen molar-refractivity contribution in [2.24, 2.45) is 0 Å². The van der Waals surface area contributed by atoms with Gasteiger partial charge in [0.2, 0.25) is 0 Å². The van der Waals surface area contributed by atoms with Gasteiger partial charge >= 0.3 is 0 Å². The summed E-state index contributed by atoms with van der Waals surface area (Å²) in [6.45, 7) is 0. The maximum absolute atomic E-state index is 5.23. The lowest BCUT2D eigenvalue weighted by molar-refractivity contribution is 1.08. The minimum Gasteiger partial charge on any atom is -0.309 e. The normalized spacial score (nSPS) is 11.5. The van der Waals surface area contributed by atoms with E-state index in [1.807, 2.05) is 18.2 Å². The summed E-state index contributed by atoms with van der Waals surface area (Å²) >= 11 is 0. The molecule has 8 aromatic carbocycles. The van der Waals surface area contributed by atoms with Crippen molar-refractivity contribution < 1.29 is 0 Å². The first-order valence-corrected chi connectivity index (χ1v) is 17.2. The molecule has 0 aliphatic rings. The SMILES string of the molecule is c1ccc(-c2nc(-c3ccc4c(-c5ccc6ccccc6c5)cccc4c3)nc(-c3cccc4c3c3ccccc3n4-c3ccccc3)n2)cc1. The van der Waals surface area contributed by atoms with Crippen LogP contribution in [0.4, 0.5) is 0 Å². The number of hydrogen-bond donors (Lipinski definition) is 0. The van der Waals surface area contributed by atoms with Crippen molar-refractivity contribution in [2.45, 2.75) is 0 Å². The van der Waals surface area contributed by atoms with Gasteiger partial charge in [-0.2, -0.15) is 0 Å². The van der Waals surface area contributed by atoms with Crippen LogP contribution in [0.2, 0.25) is 0 Å². The van der Waals surface area contributed by atoms with Crippen LogP contribution in [-0.2, 0) is 0 Å². The van der Waals surface area contributed by atoms with E-state index in [4.69, 9.17) is 15.0 Å². The van der Waals surface area contributed by atoms with Crippen LogP contribution < -0.4 is 0 Å². The van der Waals surface area contributed by atoms with Crippen LogP contribution in [0.5, 0.6) is 0 Å². The van der Waals surface area contributed by atoms with Gasteiger partial charge in [-0.1, -0.05) is 146 Å². The monoisotopic (exact) mass is 650 g/mol. The fourth-order valence-electron chi connectivity index (χ4n) is 7.43. The lowest BCUT2D eigenvalue weighted by atomic mass is 9.95. The average Bonchev–Trinajstić information content (AvgIpc) is 3.55. The molecule has 2 heterocycles. The standard InChI is InChI=1S/C47H30N4/c1-3-14-32(15-4-1)45-48-46(36-27-28-39-34(30-36)17-11-21-38(39)35-26-25-31-13-7-8-16-33(31)29-35)50-47(49-45)41-22-12-24-43-44(41)40-20-9-10-23-42(40)51(43)37-18-5-2-6-19-37/h1-30H. The highest BCUT2D eigenvalue weighted by Gasteiger charge is 2.19. The Labute approximate surface area is 295 Å². The second-order valence-electron chi connectivity index (χ2n) is 12.9. The third-order valence-corrected chi connectivity index (χ3v) is 9.82. The molecular formula is C47H30N4. The van der Waals surface area contributed by atoms with E-state index in [-0.39, 0.29) is 0 Å². The second-order valence-corrected chi connectivity index (χ2v) is 12.9. The lowest BCUT2D eigenvalue weighted by Crippen LogP contribution is -2.00. The number of aromatic nitrogens is 4. The molecule has 0 spiro atoms. The van der Waals surface area contributed by atoms with Gasteiger partial charge in [0.05, 0.1) is 11.0 Å². The van der Waals surface area contributed by atoms with Crippen LogP contribution >= 0.6 is 0 Å². The van der Waals surface area contributed by atoms with Crippen LogP contribution in [0.3, 0.4) is 0 Å². The number of rotatable bonds is 5. The highest BCUT2D eigenvalue weighted by atomic mass is 15.0. The van der Waals surface area contributed by atoms with Crippen molar-refractivity contribution >= 4 is 43.4 Å². The summed E-state index contributed by atoms with van der Waals surface area (Å²) in [4.78, 5) is 15.5. The highest BCUT2D eigenvalue weighted by Crippen LogP contribution is 2.39. The van der Waals surface area contributed by atoms with Gasteiger partial charge < -0.3 is 4.57 Å². The van der Waals surface area contributed by atoms with Crippen molar-refractivity contribution in [1.29, 1.82) is 0 Å². The third kappa shape index (κ3) is 4.96. The molecule has 0 radical (unpaired) electrons. The fourth-order valence-corrected chi connectivity index (χ4v) is 7.43. The first-order chi connectivity index (χ1) is 25.3. The summed E-state index contributed by atoms with van der Waals surface area (Å²) < 4.78 is 2.32. The summed E-state index contributed by atoms with van der Waals surface area (Å²) in [5.74, 6) is 1.93. The van der Waals surface area contributed by atoms with Gasteiger partial charge in [0, 0.05) is 33.2 Å². The molecule has 0 fully saturated rings. The van der Waals surface area contributed by atoms with E-state index in [0.29, 0.717) is 17.5 Å². The van der Waals surface area contributed by atoms with Gasteiger partial charge in [0.15, 0.2) is 17.5 Å². The van der Waals surface area contributed by atoms with Crippen LogP contribution in [0, 0.1) is 0 Å². The Balaban J connectivity index is 1.17. The van der Waals surface area contributed by atoms with Gasteiger partial charge in [-0.25, -0.2) is 15.0 Å². The molecule has 0 atom stereocenters. The molecule has 0 saturated heterocycles. The number of fused-ring (bicyclic) bond motifs is 5. The maximum atomic E-state index is 5.23. The molecule has 0 N–H and O–H groups in total. The number of para-hydroxylation sites is 2. The summed E-state index contributed by atoms with van der Waals surface area (Å²) in [5.41, 5.74) is 8.62. The summed E-state index contributed by atoms with van der Waals surface area (Å²) in [7, 11) is 0. The Morgan fingerprint density at radius 3 is 1.80 bits per heavy atom. The molecule has 10 aromatic rings. The first-order valence-electron chi connectivity index (χ1n) is 17.2. The maximum Gasteiger partial charge on any atom is 0.164 e. The van der Waals surface area contributed by atoms with Crippen LogP contribution in [0.15, 0.2) is 182 Å². The topological polar surface area (TPSA) is 43.6 Å². The second kappa shape index (κ2) is 11.9. The quantitative estimate of drug-likeness (QED) is 0.186. The van der Waals surface area contributed by atoms with E-state index in [9.17, 15) is 0 Å². The van der Waals surface area contributed by atoms with Gasteiger partial charge in [-0.15, -0.1) is 0 Å².